The molecule has 1 aromatic heterocycles. The Balaban J connectivity index is 1.66. The van der Waals surface area contributed by atoms with Crippen molar-refractivity contribution < 1.29 is 14.2 Å². The van der Waals surface area contributed by atoms with E-state index in [9.17, 15) is 4.79 Å². The van der Waals surface area contributed by atoms with E-state index >= 15 is 0 Å². The maximum absolute atomic E-state index is 12.9. The van der Waals surface area contributed by atoms with Crippen LogP contribution in [-0.2, 0) is 9.63 Å². The van der Waals surface area contributed by atoms with Crippen molar-refractivity contribution in [2.75, 3.05) is 25.4 Å². The number of benzene rings is 1. The van der Waals surface area contributed by atoms with E-state index in [0.717, 1.165) is 29.0 Å². The highest BCUT2D eigenvalue weighted by atomic mass is 32.2. The summed E-state index contributed by atoms with van der Waals surface area (Å²) in [5.74, 6) is 2.05. The average molecular weight is 388 g/mol. The van der Waals surface area contributed by atoms with Crippen LogP contribution < -0.4 is 0 Å². The van der Waals surface area contributed by atoms with Gasteiger partial charge in [0.15, 0.2) is 0 Å². The number of aryl methyl sites for hydroxylation is 1. The molecular formula is C19H24N4O3S. The van der Waals surface area contributed by atoms with E-state index in [2.05, 4.69) is 22.2 Å². The fraction of sp³-hybridized carbons (Fsp3) is 0.474. The Morgan fingerprint density at radius 3 is 2.67 bits per heavy atom. The quantitative estimate of drug-likeness (QED) is 0.509. The lowest BCUT2D eigenvalue weighted by Gasteiger charge is -2.34. The highest BCUT2D eigenvalue weighted by molar-refractivity contribution is 8.00. The molecule has 1 saturated heterocycles. The Kier molecular flexibility index (Phi) is 6.49. The number of thioether (sulfide) groups is 1. The van der Waals surface area contributed by atoms with Crippen LogP contribution in [0.2, 0.25) is 0 Å². The summed E-state index contributed by atoms with van der Waals surface area (Å²) in [6.45, 7) is 7.55. The Morgan fingerprint density at radius 1 is 1.33 bits per heavy atom. The third-order valence-corrected chi connectivity index (χ3v) is 5.24. The van der Waals surface area contributed by atoms with Gasteiger partial charge in [0, 0.05) is 12.5 Å². The molecule has 1 unspecified atom stereocenters. The second kappa shape index (κ2) is 9.03. The molecule has 0 radical (unpaired) electrons. The lowest BCUT2D eigenvalue weighted by molar-refractivity contribution is -0.130. The molecule has 7 nitrogen and oxygen atoms in total. The zero-order valence-corrected chi connectivity index (χ0v) is 16.7. The highest BCUT2D eigenvalue weighted by Crippen LogP contribution is 2.33. The lowest BCUT2D eigenvalue weighted by atomic mass is 10.1. The van der Waals surface area contributed by atoms with Crippen molar-refractivity contribution >= 4 is 23.4 Å². The molecule has 144 valence electrons. The first-order valence-electron chi connectivity index (χ1n) is 9.11. The van der Waals surface area contributed by atoms with E-state index in [0.29, 0.717) is 31.4 Å². The SMILES string of the molecule is CCCON=C1CN(C(=O)C(SCC)c2ccc(-c3noc(C)n3)cc2)C1. The first-order chi connectivity index (χ1) is 13.1. The third-order valence-electron chi connectivity index (χ3n) is 4.10. The van der Waals surface area contributed by atoms with Crippen molar-refractivity contribution in [2.45, 2.75) is 32.4 Å². The molecule has 27 heavy (non-hydrogen) atoms. The van der Waals surface area contributed by atoms with Gasteiger partial charge in [0.2, 0.25) is 17.6 Å². The number of carbonyl (C=O) groups excluding carboxylic acids is 1. The van der Waals surface area contributed by atoms with Crippen LogP contribution in [0.15, 0.2) is 33.9 Å². The van der Waals surface area contributed by atoms with Crippen LogP contribution in [-0.4, -0.2) is 52.1 Å². The van der Waals surface area contributed by atoms with Crippen LogP contribution in [0.1, 0.15) is 37.0 Å². The molecule has 1 fully saturated rings. The van der Waals surface area contributed by atoms with Crippen molar-refractivity contribution in [3.8, 4) is 11.4 Å². The van der Waals surface area contributed by atoms with Crippen LogP contribution in [0.25, 0.3) is 11.4 Å². The van der Waals surface area contributed by atoms with Crippen molar-refractivity contribution in [2.24, 2.45) is 5.16 Å². The van der Waals surface area contributed by atoms with Crippen molar-refractivity contribution in [1.29, 1.82) is 0 Å². The van der Waals surface area contributed by atoms with E-state index in [-0.39, 0.29) is 11.2 Å². The van der Waals surface area contributed by atoms with Crippen LogP contribution in [0.4, 0.5) is 0 Å². The van der Waals surface area contributed by atoms with E-state index in [1.165, 1.54) is 0 Å². The second-order valence-corrected chi connectivity index (χ2v) is 7.66. The maximum atomic E-state index is 12.9. The molecule has 0 aliphatic carbocycles. The van der Waals surface area contributed by atoms with Crippen molar-refractivity contribution in [3.05, 3.63) is 35.7 Å². The summed E-state index contributed by atoms with van der Waals surface area (Å²) in [5, 5.41) is 7.77. The third kappa shape index (κ3) is 4.68. The molecule has 2 heterocycles. The van der Waals surface area contributed by atoms with Gasteiger partial charge in [-0.25, -0.2) is 0 Å². The predicted molar refractivity (Wildman–Crippen MR) is 106 cm³/mol. The normalized spacial score (nSPS) is 14.6. The Labute approximate surface area is 163 Å². The molecule has 1 amide bonds. The summed E-state index contributed by atoms with van der Waals surface area (Å²) in [6, 6.07) is 7.78. The zero-order chi connectivity index (χ0) is 19.2. The van der Waals surface area contributed by atoms with E-state index < -0.39 is 0 Å². The second-order valence-electron chi connectivity index (χ2n) is 6.28. The van der Waals surface area contributed by atoms with Gasteiger partial charge < -0.3 is 14.3 Å². The van der Waals surface area contributed by atoms with Crippen LogP contribution >= 0.6 is 11.8 Å². The minimum absolute atomic E-state index is 0.111. The zero-order valence-electron chi connectivity index (χ0n) is 15.8. The maximum Gasteiger partial charge on any atom is 0.240 e. The van der Waals surface area contributed by atoms with Crippen LogP contribution in [0.5, 0.6) is 0 Å². The van der Waals surface area contributed by atoms with Gasteiger partial charge in [-0.05, 0) is 17.7 Å². The van der Waals surface area contributed by atoms with Crippen LogP contribution in [0, 0.1) is 6.92 Å². The fourth-order valence-electron chi connectivity index (χ4n) is 2.70. The first kappa shape index (κ1) is 19.4. The predicted octanol–water partition coefficient (Wildman–Crippen LogP) is 3.46. The monoisotopic (exact) mass is 388 g/mol. The Hall–Kier alpha value is -2.35. The van der Waals surface area contributed by atoms with Gasteiger partial charge in [-0.2, -0.15) is 4.98 Å². The smallest absolute Gasteiger partial charge is 0.240 e. The number of likely N-dealkylation sites (tertiary alicyclic amines) is 1. The number of nitrogens with zero attached hydrogens (tertiary/aromatic N) is 4. The Bertz CT molecular complexity index is 796. The molecule has 1 aliphatic heterocycles. The lowest BCUT2D eigenvalue weighted by Crippen LogP contribution is -2.52. The number of hydrogen-bond acceptors (Lipinski definition) is 7. The standard InChI is InChI=1S/C19H24N4O3S/c1-4-10-25-21-16-11-23(12-16)19(24)17(27-5-2)14-6-8-15(9-7-14)18-20-13(3)26-22-18/h6-9,17H,4-5,10-12H2,1-3H3. The summed E-state index contributed by atoms with van der Waals surface area (Å²) >= 11 is 1.63. The summed E-state index contributed by atoms with van der Waals surface area (Å²) in [4.78, 5) is 24.2. The summed E-state index contributed by atoms with van der Waals surface area (Å²) in [6.07, 6.45) is 0.925. The summed E-state index contributed by atoms with van der Waals surface area (Å²) < 4.78 is 5.02. The van der Waals surface area contributed by atoms with Gasteiger partial charge in [0.05, 0.1) is 18.8 Å². The highest BCUT2D eigenvalue weighted by Gasteiger charge is 2.33. The first-order valence-corrected chi connectivity index (χ1v) is 10.2. The van der Waals surface area contributed by atoms with Gasteiger partial charge in [0.1, 0.15) is 11.9 Å². The molecule has 0 N–H and O–H groups in total. The number of carbonyl (C=O) groups is 1. The summed E-state index contributed by atoms with van der Waals surface area (Å²) in [5.41, 5.74) is 2.76. The summed E-state index contributed by atoms with van der Waals surface area (Å²) in [7, 11) is 0. The molecule has 0 bridgehead atoms. The number of rotatable bonds is 8. The molecular weight excluding hydrogens is 364 g/mol. The molecule has 1 aliphatic rings. The van der Waals surface area contributed by atoms with Gasteiger partial charge in [-0.1, -0.05) is 48.4 Å². The number of amides is 1. The fourth-order valence-corrected chi connectivity index (χ4v) is 3.68. The largest absolute Gasteiger partial charge is 0.396 e. The van der Waals surface area contributed by atoms with E-state index in [4.69, 9.17) is 9.36 Å². The minimum atomic E-state index is -0.228. The topological polar surface area (TPSA) is 80.8 Å². The van der Waals surface area contributed by atoms with E-state index in [1.807, 2.05) is 36.1 Å². The molecule has 2 aromatic rings. The number of hydrogen-bond donors (Lipinski definition) is 0. The van der Waals surface area contributed by atoms with Gasteiger partial charge in [0.25, 0.3) is 0 Å². The molecule has 8 heteroatoms. The van der Waals surface area contributed by atoms with Gasteiger partial charge >= 0.3 is 0 Å². The van der Waals surface area contributed by atoms with Gasteiger partial charge in [-0.3, -0.25) is 4.79 Å². The van der Waals surface area contributed by atoms with Crippen molar-refractivity contribution in [1.82, 2.24) is 15.0 Å². The molecule has 1 atom stereocenters. The Morgan fingerprint density at radius 2 is 2.07 bits per heavy atom. The van der Waals surface area contributed by atoms with Gasteiger partial charge in [-0.15, -0.1) is 11.8 Å². The van der Waals surface area contributed by atoms with Crippen LogP contribution in [0.3, 0.4) is 0 Å². The molecule has 0 saturated carbocycles. The van der Waals surface area contributed by atoms with E-state index in [1.54, 1.807) is 18.7 Å². The van der Waals surface area contributed by atoms with Crippen molar-refractivity contribution in [3.63, 3.8) is 0 Å². The average Bonchev–Trinajstić information content (AvgIpc) is 3.08. The number of aromatic nitrogens is 2. The molecule has 3 rings (SSSR count). The number of oxime groups is 1. The molecule has 0 spiro atoms. The minimum Gasteiger partial charge on any atom is -0.396 e. The molecule has 1 aromatic carbocycles.